The molecular formula is C10H17N3. The number of aromatic nitrogens is 2. The molecule has 0 aliphatic heterocycles. The summed E-state index contributed by atoms with van der Waals surface area (Å²) in [5, 5.41) is 0. The van der Waals surface area contributed by atoms with Gasteiger partial charge < -0.3 is 5.73 Å². The highest BCUT2D eigenvalue weighted by Crippen LogP contribution is 2.18. The lowest BCUT2D eigenvalue weighted by Gasteiger charge is -2.21. The van der Waals surface area contributed by atoms with Crippen molar-refractivity contribution in [3.63, 3.8) is 0 Å². The molecule has 0 amide bonds. The molecule has 72 valence electrons. The third-order valence-corrected chi connectivity index (χ3v) is 2.05. The first-order chi connectivity index (χ1) is 6.03. The van der Waals surface area contributed by atoms with E-state index in [9.17, 15) is 0 Å². The molecule has 0 saturated carbocycles. The van der Waals surface area contributed by atoms with Gasteiger partial charge in [0.05, 0.1) is 11.4 Å². The lowest BCUT2D eigenvalue weighted by molar-refractivity contribution is 0.372. The van der Waals surface area contributed by atoms with Gasteiger partial charge in [0.15, 0.2) is 0 Å². The van der Waals surface area contributed by atoms with E-state index >= 15 is 0 Å². The molecule has 1 aromatic heterocycles. The van der Waals surface area contributed by atoms with Gasteiger partial charge in [-0.15, -0.1) is 0 Å². The van der Waals surface area contributed by atoms with Gasteiger partial charge in [0.2, 0.25) is 0 Å². The van der Waals surface area contributed by atoms with Gasteiger partial charge >= 0.3 is 0 Å². The van der Waals surface area contributed by atoms with E-state index in [0.29, 0.717) is 6.54 Å². The Balaban J connectivity index is 2.69. The zero-order valence-corrected chi connectivity index (χ0v) is 8.54. The minimum atomic E-state index is 0.115. The summed E-state index contributed by atoms with van der Waals surface area (Å²) >= 11 is 0. The van der Waals surface area contributed by atoms with E-state index in [0.717, 1.165) is 17.8 Å². The van der Waals surface area contributed by atoms with Gasteiger partial charge in [-0.25, -0.2) is 0 Å². The molecule has 0 fully saturated rings. The first kappa shape index (κ1) is 10.1. The van der Waals surface area contributed by atoms with Crippen LogP contribution in [-0.4, -0.2) is 16.5 Å². The summed E-state index contributed by atoms with van der Waals surface area (Å²) in [6.07, 6.45) is 4.51. The fraction of sp³-hybridized carbons (Fsp3) is 0.600. The van der Waals surface area contributed by atoms with Crippen molar-refractivity contribution >= 4 is 0 Å². The summed E-state index contributed by atoms with van der Waals surface area (Å²) in [5.41, 5.74) is 7.72. The molecule has 0 radical (unpaired) electrons. The van der Waals surface area contributed by atoms with Gasteiger partial charge in [0.1, 0.15) is 0 Å². The Bertz CT molecular complexity index is 264. The molecule has 0 spiro atoms. The third kappa shape index (κ3) is 3.11. The van der Waals surface area contributed by atoms with E-state index in [-0.39, 0.29) is 5.41 Å². The number of hydrogen-bond donors (Lipinski definition) is 1. The van der Waals surface area contributed by atoms with E-state index in [4.69, 9.17) is 5.73 Å². The van der Waals surface area contributed by atoms with Gasteiger partial charge in [-0.2, -0.15) is 0 Å². The van der Waals surface area contributed by atoms with Crippen LogP contribution in [0.15, 0.2) is 12.4 Å². The maximum absolute atomic E-state index is 5.64. The summed E-state index contributed by atoms with van der Waals surface area (Å²) < 4.78 is 0. The largest absolute Gasteiger partial charge is 0.330 e. The Labute approximate surface area is 79.4 Å². The zero-order valence-electron chi connectivity index (χ0n) is 8.54. The third-order valence-electron chi connectivity index (χ3n) is 2.05. The summed E-state index contributed by atoms with van der Waals surface area (Å²) in [6.45, 7) is 6.87. The Morgan fingerprint density at radius 2 is 2.00 bits per heavy atom. The van der Waals surface area contributed by atoms with Gasteiger partial charge in [0.25, 0.3) is 0 Å². The van der Waals surface area contributed by atoms with E-state index in [1.807, 2.05) is 13.1 Å². The molecule has 1 heterocycles. The van der Waals surface area contributed by atoms with Crippen LogP contribution in [0.25, 0.3) is 0 Å². The molecule has 2 N–H and O–H groups in total. The number of rotatable bonds is 3. The van der Waals surface area contributed by atoms with Crippen molar-refractivity contribution in [2.24, 2.45) is 11.1 Å². The summed E-state index contributed by atoms with van der Waals surface area (Å²) in [5.74, 6) is 0. The summed E-state index contributed by atoms with van der Waals surface area (Å²) in [4.78, 5) is 8.49. The molecule has 0 aromatic carbocycles. The standard InChI is InChI=1S/C10H17N3/c1-8-5-13-9(6-12-8)4-10(2,3)7-11/h5-6H,4,7,11H2,1-3H3. The molecule has 1 rings (SSSR count). The maximum atomic E-state index is 5.64. The van der Waals surface area contributed by atoms with Crippen molar-refractivity contribution in [1.82, 2.24) is 9.97 Å². The minimum absolute atomic E-state index is 0.115. The van der Waals surface area contributed by atoms with E-state index in [2.05, 4.69) is 23.8 Å². The van der Waals surface area contributed by atoms with Crippen LogP contribution in [0.2, 0.25) is 0 Å². The second kappa shape index (κ2) is 3.83. The molecule has 3 heteroatoms. The molecule has 3 nitrogen and oxygen atoms in total. The van der Waals surface area contributed by atoms with Crippen LogP contribution >= 0.6 is 0 Å². The Hall–Kier alpha value is -0.960. The molecule has 1 aromatic rings. The highest BCUT2D eigenvalue weighted by molar-refractivity contribution is 5.03. The van der Waals surface area contributed by atoms with Crippen LogP contribution < -0.4 is 5.73 Å². The molecule has 13 heavy (non-hydrogen) atoms. The maximum Gasteiger partial charge on any atom is 0.0592 e. The fourth-order valence-corrected chi connectivity index (χ4v) is 1.07. The molecule has 0 atom stereocenters. The number of nitrogens with two attached hydrogens (primary N) is 1. The van der Waals surface area contributed by atoms with Crippen molar-refractivity contribution in [1.29, 1.82) is 0 Å². The lowest BCUT2D eigenvalue weighted by atomic mass is 9.88. The molecule has 0 bridgehead atoms. The Morgan fingerprint density at radius 3 is 2.46 bits per heavy atom. The quantitative estimate of drug-likeness (QED) is 0.761. The first-order valence-electron chi connectivity index (χ1n) is 4.51. The van der Waals surface area contributed by atoms with Crippen LogP contribution in [0, 0.1) is 12.3 Å². The number of hydrogen-bond acceptors (Lipinski definition) is 3. The second-order valence-electron chi connectivity index (χ2n) is 4.19. The van der Waals surface area contributed by atoms with Crippen molar-refractivity contribution < 1.29 is 0 Å². The lowest BCUT2D eigenvalue weighted by Crippen LogP contribution is -2.26. The number of aryl methyl sites for hydroxylation is 1. The summed E-state index contributed by atoms with van der Waals surface area (Å²) in [7, 11) is 0. The number of nitrogens with zero attached hydrogens (tertiary/aromatic N) is 2. The second-order valence-corrected chi connectivity index (χ2v) is 4.19. The topological polar surface area (TPSA) is 51.8 Å². The molecule has 0 unspecified atom stereocenters. The highest BCUT2D eigenvalue weighted by atomic mass is 14.8. The fourth-order valence-electron chi connectivity index (χ4n) is 1.07. The van der Waals surface area contributed by atoms with Gasteiger partial charge in [-0.3, -0.25) is 9.97 Å². The predicted octanol–water partition coefficient (Wildman–Crippen LogP) is 1.31. The smallest absolute Gasteiger partial charge is 0.0592 e. The van der Waals surface area contributed by atoms with Crippen molar-refractivity contribution in [2.45, 2.75) is 27.2 Å². The van der Waals surface area contributed by atoms with Crippen LogP contribution in [0.5, 0.6) is 0 Å². The van der Waals surface area contributed by atoms with Gasteiger partial charge in [-0.05, 0) is 25.3 Å². The van der Waals surface area contributed by atoms with Gasteiger partial charge in [0, 0.05) is 12.4 Å². The van der Waals surface area contributed by atoms with Crippen LogP contribution in [0.1, 0.15) is 25.2 Å². The minimum Gasteiger partial charge on any atom is -0.330 e. The van der Waals surface area contributed by atoms with E-state index in [1.54, 1.807) is 6.20 Å². The average molecular weight is 179 g/mol. The Kier molecular flexibility index (Phi) is 2.98. The summed E-state index contributed by atoms with van der Waals surface area (Å²) in [6, 6.07) is 0. The van der Waals surface area contributed by atoms with E-state index in [1.165, 1.54) is 0 Å². The zero-order chi connectivity index (χ0) is 9.90. The first-order valence-corrected chi connectivity index (χ1v) is 4.51. The monoisotopic (exact) mass is 179 g/mol. The molecule has 0 aliphatic rings. The van der Waals surface area contributed by atoms with Crippen LogP contribution in [0.4, 0.5) is 0 Å². The average Bonchev–Trinajstić information content (AvgIpc) is 2.09. The van der Waals surface area contributed by atoms with Crippen molar-refractivity contribution in [3.05, 3.63) is 23.8 Å². The Morgan fingerprint density at radius 1 is 1.31 bits per heavy atom. The van der Waals surface area contributed by atoms with Crippen LogP contribution in [-0.2, 0) is 6.42 Å². The van der Waals surface area contributed by atoms with Gasteiger partial charge in [-0.1, -0.05) is 13.8 Å². The van der Waals surface area contributed by atoms with Crippen molar-refractivity contribution in [3.8, 4) is 0 Å². The molecule has 0 saturated heterocycles. The molecular weight excluding hydrogens is 162 g/mol. The van der Waals surface area contributed by atoms with E-state index < -0.39 is 0 Å². The highest BCUT2D eigenvalue weighted by Gasteiger charge is 2.16. The normalized spacial score (nSPS) is 11.7. The van der Waals surface area contributed by atoms with Crippen molar-refractivity contribution in [2.75, 3.05) is 6.54 Å². The van der Waals surface area contributed by atoms with Crippen LogP contribution in [0.3, 0.4) is 0 Å². The molecule has 0 aliphatic carbocycles. The predicted molar refractivity (Wildman–Crippen MR) is 53.3 cm³/mol. The SMILES string of the molecule is Cc1cnc(CC(C)(C)CN)cn1.